The van der Waals surface area contributed by atoms with Crippen molar-refractivity contribution in [3.8, 4) is 0 Å². The minimum Gasteiger partial charge on any atom is -0.330 e. The van der Waals surface area contributed by atoms with Crippen LogP contribution < -0.4 is 5.73 Å². The molecular weight excluding hydrogens is 291 g/mol. The molecule has 1 aliphatic carbocycles. The average Bonchev–Trinajstić information content (AvgIpc) is 2.82. The lowest BCUT2D eigenvalue weighted by Crippen LogP contribution is -2.34. The van der Waals surface area contributed by atoms with Crippen LogP contribution in [-0.4, -0.2) is 21.2 Å². The first-order chi connectivity index (χ1) is 9.23. The molecule has 0 radical (unpaired) electrons. The summed E-state index contributed by atoms with van der Waals surface area (Å²) in [6, 6.07) is 0.785. The largest absolute Gasteiger partial charge is 0.330 e. The van der Waals surface area contributed by atoms with E-state index in [2.05, 4.69) is 0 Å². The number of halogens is 3. The summed E-state index contributed by atoms with van der Waals surface area (Å²) in [5.74, 6) is -4.22. The van der Waals surface area contributed by atoms with Crippen LogP contribution in [0, 0.1) is 17.5 Å². The van der Waals surface area contributed by atoms with Crippen LogP contribution in [0.25, 0.3) is 0 Å². The van der Waals surface area contributed by atoms with E-state index in [0.29, 0.717) is 19.1 Å². The average molecular weight is 307 g/mol. The van der Waals surface area contributed by atoms with E-state index in [1.165, 1.54) is 0 Å². The molecule has 0 spiro atoms. The van der Waals surface area contributed by atoms with Crippen molar-refractivity contribution < 1.29 is 21.6 Å². The monoisotopic (exact) mass is 307 g/mol. The van der Waals surface area contributed by atoms with E-state index in [4.69, 9.17) is 5.73 Å². The topological polar surface area (TPSA) is 60.2 Å². The third-order valence-corrected chi connectivity index (χ3v) is 5.13. The second-order valence-electron chi connectivity index (χ2n) is 5.33. The Morgan fingerprint density at radius 1 is 1.20 bits per heavy atom. The molecule has 0 amide bonds. The first-order valence-electron chi connectivity index (χ1n) is 6.31. The maximum atomic E-state index is 14.2. The molecule has 2 N–H and O–H groups in total. The van der Waals surface area contributed by atoms with E-state index >= 15 is 0 Å². The first kappa shape index (κ1) is 15.3. The number of rotatable bonds is 3. The lowest BCUT2D eigenvalue weighted by molar-refractivity contribution is 0.390. The number of hydrogen-bond acceptors (Lipinski definition) is 3. The summed E-state index contributed by atoms with van der Waals surface area (Å²) in [6.45, 7) is 0.0705. The van der Waals surface area contributed by atoms with Gasteiger partial charge in [0, 0.05) is 23.8 Å². The van der Waals surface area contributed by atoms with Crippen molar-refractivity contribution in [2.75, 3.05) is 12.8 Å². The Balaban J connectivity index is 2.70. The summed E-state index contributed by atoms with van der Waals surface area (Å²) in [5.41, 5.74) is 4.71. The molecule has 1 aromatic carbocycles. The van der Waals surface area contributed by atoms with Gasteiger partial charge in [-0.1, -0.05) is 12.8 Å². The van der Waals surface area contributed by atoms with Crippen LogP contribution in [0.2, 0.25) is 0 Å². The van der Waals surface area contributed by atoms with Crippen LogP contribution in [0.4, 0.5) is 13.2 Å². The molecule has 0 aromatic heterocycles. The summed E-state index contributed by atoms with van der Waals surface area (Å²) in [7, 11) is -4.17. The van der Waals surface area contributed by atoms with E-state index in [9.17, 15) is 21.6 Å². The van der Waals surface area contributed by atoms with Gasteiger partial charge in [0.25, 0.3) is 0 Å². The molecule has 0 unspecified atom stereocenters. The molecule has 1 aliphatic rings. The molecule has 2 rings (SSSR count). The molecule has 0 saturated heterocycles. The van der Waals surface area contributed by atoms with Gasteiger partial charge in [-0.05, 0) is 18.9 Å². The quantitative estimate of drug-likeness (QED) is 0.872. The van der Waals surface area contributed by atoms with Crippen molar-refractivity contribution in [2.45, 2.75) is 36.0 Å². The van der Waals surface area contributed by atoms with Crippen molar-refractivity contribution >= 4 is 9.84 Å². The predicted octanol–water partition coefficient (Wildman–Crippen LogP) is 2.28. The fraction of sp³-hybridized carbons (Fsp3) is 0.538. The zero-order chi connectivity index (χ0) is 15.1. The lowest BCUT2D eigenvalue weighted by Gasteiger charge is -2.28. The third-order valence-electron chi connectivity index (χ3n) is 4.01. The minimum absolute atomic E-state index is 0.0705. The number of hydrogen-bond donors (Lipinski definition) is 1. The van der Waals surface area contributed by atoms with Crippen LogP contribution in [0.5, 0.6) is 0 Å². The van der Waals surface area contributed by atoms with Gasteiger partial charge in [-0.25, -0.2) is 21.6 Å². The molecule has 20 heavy (non-hydrogen) atoms. The number of benzene rings is 1. The summed E-state index contributed by atoms with van der Waals surface area (Å²) < 4.78 is 64.7. The summed E-state index contributed by atoms with van der Waals surface area (Å²) in [4.78, 5) is -1.22. The molecule has 1 aromatic rings. The Morgan fingerprint density at radius 3 is 2.20 bits per heavy atom. The highest BCUT2D eigenvalue weighted by atomic mass is 32.2. The third kappa shape index (κ3) is 2.33. The van der Waals surface area contributed by atoms with Crippen molar-refractivity contribution in [2.24, 2.45) is 5.73 Å². The Kier molecular flexibility index (Phi) is 3.85. The van der Waals surface area contributed by atoms with Crippen LogP contribution in [0.3, 0.4) is 0 Å². The van der Waals surface area contributed by atoms with Gasteiger partial charge in [0.2, 0.25) is 0 Å². The van der Waals surface area contributed by atoms with E-state index in [1.807, 2.05) is 0 Å². The smallest absolute Gasteiger partial charge is 0.181 e. The van der Waals surface area contributed by atoms with Gasteiger partial charge in [0.15, 0.2) is 21.5 Å². The molecule has 0 bridgehead atoms. The molecule has 3 nitrogen and oxygen atoms in total. The minimum atomic E-state index is -4.17. The zero-order valence-corrected chi connectivity index (χ0v) is 11.9. The second kappa shape index (κ2) is 5.04. The molecule has 0 heterocycles. The summed E-state index contributed by atoms with van der Waals surface area (Å²) in [6.07, 6.45) is 3.32. The molecule has 7 heteroatoms. The molecule has 0 aliphatic heterocycles. The van der Waals surface area contributed by atoms with Crippen molar-refractivity contribution in [3.05, 3.63) is 29.1 Å². The van der Waals surface area contributed by atoms with Crippen LogP contribution in [0.15, 0.2) is 11.0 Å². The Hall–Kier alpha value is -1.08. The van der Waals surface area contributed by atoms with Crippen molar-refractivity contribution in [1.82, 2.24) is 0 Å². The number of sulfone groups is 1. The molecule has 112 valence electrons. The van der Waals surface area contributed by atoms with Crippen LogP contribution >= 0.6 is 0 Å². The van der Waals surface area contributed by atoms with Crippen molar-refractivity contribution in [1.29, 1.82) is 0 Å². The van der Waals surface area contributed by atoms with Gasteiger partial charge >= 0.3 is 0 Å². The molecular formula is C13H16F3NO2S. The highest BCUT2D eigenvalue weighted by Gasteiger charge is 2.39. The van der Waals surface area contributed by atoms with Gasteiger partial charge in [-0.15, -0.1) is 0 Å². The van der Waals surface area contributed by atoms with Gasteiger partial charge in [0.1, 0.15) is 10.7 Å². The molecule has 1 saturated carbocycles. The highest BCUT2D eigenvalue weighted by Crippen LogP contribution is 2.42. The zero-order valence-electron chi connectivity index (χ0n) is 11.0. The fourth-order valence-electron chi connectivity index (χ4n) is 2.94. The van der Waals surface area contributed by atoms with E-state index in [-0.39, 0.29) is 12.1 Å². The SMILES string of the molecule is CS(=O)(=O)c1c(F)cc(C2(CN)CCCC2)c(F)c1F. The molecule has 0 atom stereocenters. The Bertz CT molecular complexity index is 638. The van der Waals surface area contributed by atoms with Crippen LogP contribution in [-0.2, 0) is 15.3 Å². The number of nitrogens with two attached hydrogens (primary N) is 1. The highest BCUT2D eigenvalue weighted by molar-refractivity contribution is 7.90. The standard InChI is InChI=1S/C13H16F3NO2S/c1-20(18,19)12-9(14)6-8(10(15)11(12)16)13(7-17)4-2-3-5-13/h6H,2-5,7,17H2,1H3. The Morgan fingerprint density at radius 2 is 1.75 bits per heavy atom. The van der Waals surface area contributed by atoms with Crippen molar-refractivity contribution in [3.63, 3.8) is 0 Å². The van der Waals surface area contributed by atoms with Gasteiger partial charge < -0.3 is 5.73 Å². The maximum absolute atomic E-state index is 14.2. The van der Waals surface area contributed by atoms with Gasteiger partial charge in [-0.2, -0.15) is 0 Å². The van der Waals surface area contributed by atoms with Gasteiger partial charge in [-0.3, -0.25) is 0 Å². The van der Waals surface area contributed by atoms with Gasteiger partial charge in [0.05, 0.1) is 0 Å². The Labute approximate surface area is 115 Å². The normalized spacial score (nSPS) is 18.4. The van der Waals surface area contributed by atoms with Crippen LogP contribution in [0.1, 0.15) is 31.2 Å². The van der Waals surface area contributed by atoms with E-state index in [0.717, 1.165) is 18.9 Å². The predicted molar refractivity (Wildman–Crippen MR) is 68.6 cm³/mol. The summed E-state index contributed by atoms with van der Waals surface area (Å²) in [5, 5.41) is 0. The molecule has 1 fully saturated rings. The van der Waals surface area contributed by atoms with E-state index in [1.54, 1.807) is 0 Å². The second-order valence-corrected chi connectivity index (χ2v) is 7.28. The lowest BCUT2D eigenvalue weighted by atomic mass is 9.78. The first-order valence-corrected chi connectivity index (χ1v) is 8.20. The fourth-order valence-corrected chi connectivity index (χ4v) is 3.77. The van der Waals surface area contributed by atoms with E-state index < -0.39 is 37.6 Å². The maximum Gasteiger partial charge on any atom is 0.181 e. The summed E-state index contributed by atoms with van der Waals surface area (Å²) >= 11 is 0.